The van der Waals surface area contributed by atoms with E-state index in [9.17, 15) is 0 Å². The fraction of sp³-hybridized carbons (Fsp3) is 1.00. The molecule has 2 N–H and O–H groups in total. The number of nitrogens with zero attached hydrogens (tertiary/aromatic N) is 1. The SMILES string of the molecule is CSCCC(C)N(C)C1CCC(N)CC1. The van der Waals surface area contributed by atoms with Crippen LogP contribution in [0.5, 0.6) is 0 Å². The molecule has 1 fully saturated rings. The zero-order valence-corrected chi connectivity index (χ0v) is 11.2. The van der Waals surface area contributed by atoms with E-state index in [0.29, 0.717) is 6.04 Å². The molecule has 0 heterocycles. The van der Waals surface area contributed by atoms with Crippen LogP contribution in [0.4, 0.5) is 0 Å². The van der Waals surface area contributed by atoms with Gasteiger partial charge in [-0.15, -0.1) is 0 Å². The van der Waals surface area contributed by atoms with Gasteiger partial charge in [0.25, 0.3) is 0 Å². The number of nitrogens with two attached hydrogens (primary N) is 1. The van der Waals surface area contributed by atoms with Crippen molar-refractivity contribution in [1.82, 2.24) is 4.90 Å². The van der Waals surface area contributed by atoms with Crippen molar-refractivity contribution in [2.45, 2.75) is 57.2 Å². The van der Waals surface area contributed by atoms with E-state index in [0.717, 1.165) is 12.1 Å². The van der Waals surface area contributed by atoms with E-state index in [2.05, 4.69) is 25.1 Å². The maximum Gasteiger partial charge on any atom is 0.00961 e. The van der Waals surface area contributed by atoms with Crippen LogP contribution >= 0.6 is 11.8 Å². The molecule has 0 aliphatic heterocycles. The molecule has 1 unspecified atom stereocenters. The first kappa shape index (κ1) is 13.3. The molecule has 1 saturated carbocycles. The highest BCUT2D eigenvalue weighted by atomic mass is 32.2. The van der Waals surface area contributed by atoms with Crippen molar-refractivity contribution in [2.24, 2.45) is 5.73 Å². The Labute approximate surface area is 99.0 Å². The van der Waals surface area contributed by atoms with E-state index in [1.807, 2.05) is 11.8 Å². The highest BCUT2D eigenvalue weighted by Crippen LogP contribution is 2.23. The fourth-order valence-electron chi connectivity index (χ4n) is 2.36. The van der Waals surface area contributed by atoms with Crippen molar-refractivity contribution in [2.75, 3.05) is 19.1 Å². The number of hydrogen-bond donors (Lipinski definition) is 1. The first-order valence-corrected chi connectivity index (χ1v) is 7.51. The van der Waals surface area contributed by atoms with Gasteiger partial charge in [-0.25, -0.2) is 0 Å². The Morgan fingerprint density at radius 3 is 2.47 bits per heavy atom. The van der Waals surface area contributed by atoms with Crippen molar-refractivity contribution in [3.8, 4) is 0 Å². The standard InChI is InChI=1S/C12H26N2S/c1-10(8-9-15-3)14(2)12-6-4-11(13)5-7-12/h10-12H,4-9,13H2,1-3H3. The van der Waals surface area contributed by atoms with E-state index < -0.39 is 0 Å². The maximum absolute atomic E-state index is 5.93. The lowest BCUT2D eigenvalue weighted by Gasteiger charge is -2.37. The average molecular weight is 230 g/mol. The molecule has 0 aromatic carbocycles. The minimum Gasteiger partial charge on any atom is -0.328 e. The summed E-state index contributed by atoms with van der Waals surface area (Å²) in [5, 5.41) is 0. The number of rotatable bonds is 5. The lowest BCUT2D eigenvalue weighted by molar-refractivity contribution is 0.138. The molecule has 15 heavy (non-hydrogen) atoms. The van der Waals surface area contributed by atoms with Crippen LogP contribution in [0.25, 0.3) is 0 Å². The molecule has 1 rings (SSSR count). The Morgan fingerprint density at radius 1 is 1.33 bits per heavy atom. The molecule has 0 amide bonds. The van der Waals surface area contributed by atoms with Crippen LogP contribution in [-0.4, -0.2) is 42.1 Å². The van der Waals surface area contributed by atoms with Crippen LogP contribution in [0.15, 0.2) is 0 Å². The van der Waals surface area contributed by atoms with Gasteiger partial charge in [-0.2, -0.15) is 11.8 Å². The fourth-order valence-corrected chi connectivity index (χ4v) is 2.94. The van der Waals surface area contributed by atoms with Crippen molar-refractivity contribution < 1.29 is 0 Å². The van der Waals surface area contributed by atoms with Gasteiger partial charge in [-0.1, -0.05) is 0 Å². The summed E-state index contributed by atoms with van der Waals surface area (Å²) in [6.07, 6.45) is 8.50. The van der Waals surface area contributed by atoms with Crippen LogP contribution in [0.3, 0.4) is 0 Å². The van der Waals surface area contributed by atoms with Gasteiger partial charge in [0, 0.05) is 18.1 Å². The Kier molecular flexibility index (Phi) is 6.02. The van der Waals surface area contributed by atoms with Crippen LogP contribution < -0.4 is 5.73 Å². The zero-order valence-electron chi connectivity index (χ0n) is 10.4. The summed E-state index contributed by atoms with van der Waals surface area (Å²) in [6.45, 7) is 2.35. The molecule has 2 nitrogen and oxygen atoms in total. The van der Waals surface area contributed by atoms with Gasteiger partial charge in [-0.05, 0) is 58.1 Å². The molecule has 0 radical (unpaired) electrons. The summed E-state index contributed by atoms with van der Waals surface area (Å²) in [5.41, 5.74) is 5.93. The molecule has 0 aromatic rings. The van der Waals surface area contributed by atoms with Crippen molar-refractivity contribution in [3.05, 3.63) is 0 Å². The lowest BCUT2D eigenvalue weighted by Crippen LogP contribution is -2.43. The molecule has 1 atom stereocenters. The van der Waals surface area contributed by atoms with E-state index in [1.165, 1.54) is 37.9 Å². The third-order valence-corrected chi connectivity index (χ3v) is 4.40. The van der Waals surface area contributed by atoms with Crippen LogP contribution in [0, 0.1) is 0 Å². The largest absolute Gasteiger partial charge is 0.328 e. The van der Waals surface area contributed by atoms with Crippen molar-refractivity contribution >= 4 is 11.8 Å². The van der Waals surface area contributed by atoms with E-state index in [-0.39, 0.29) is 0 Å². The second-order valence-corrected chi connectivity index (χ2v) is 5.85. The summed E-state index contributed by atoms with van der Waals surface area (Å²) in [6, 6.07) is 1.97. The molecular formula is C12H26N2S. The molecule has 1 aliphatic rings. The minimum absolute atomic E-state index is 0.469. The molecule has 0 bridgehead atoms. The maximum atomic E-state index is 5.93. The van der Waals surface area contributed by atoms with Gasteiger partial charge in [0.1, 0.15) is 0 Å². The highest BCUT2D eigenvalue weighted by molar-refractivity contribution is 7.98. The second kappa shape index (κ2) is 6.77. The third-order valence-electron chi connectivity index (χ3n) is 3.75. The second-order valence-electron chi connectivity index (χ2n) is 4.86. The normalized spacial score (nSPS) is 29.4. The van der Waals surface area contributed by atoms with Crippen molar-refractivity contribution in [1.29, 1.82) is 0 Å². The summed E-state index contributed by atoms with van der Waals surface area (Å²) in [4.78, 5) is 2.57. The molecule has 0 spiro atoms. The molecule has 3 heteroatoms. The Balaban J connectivity index is 2.29. The monoisotopic (exact) mass is 230 g/mol. The molecule has 0 aromatic heterocycles. The third kappa shape index (κ3) is 4.33. The Hall–Kier alpha value is 0.270. The van der Waals surface area contributed by atoms with Gasteiger partial charge < -0.3 is 10.6 Å². The predicted octanol–water partition coefficient (Wildman–Crippen LogP) is 2.33. The van der Waals surface area contributed by atoms with Gasteiger partial charge in [0.2, 0.25) is 0 Å². The smallest absolute Gasteiger partial charge is 0.00961 e. The summed E-state index contributed by atoms with van der Waals surface area (Å²) >= 11 is 1.95. The molecule has 1 aliphatic carbocycles. The summed E-state index contributed by atoms with van der Waals surface area (Å²) in [7, 11) is 2.28. The average Bonchev–Trinajstić information content (AvgIpc) is 2.26. The summed E-state index contributed by atoms with van der Waals surface area (Å²) in [5.74, 6) is 1.28. The zero-order chi connectivity index (χ0) is 11.3. The molecular weight excluding hydrogens is 204 g/mol. The van der Waals surface area contributed by atoms with Gasteiger partial charge >= 0.3 is 0 Å². The van der Waals surface area contributed by atoms with Crippen LogP contribution in [0.2, 0.25) is 0 Å². The molecule has 0 saturated heterocycles. The number of hydrogen-bond acceptors (Lipinski definition) is 3. The van der Waals surface area contributed by atoms with E-state index in [1.54, 1.807) is 0 Å². The van der Waals surface area contributed by atoms with Crippen LogP contribution in [-0.2, 0) is 0 Å². The Morgan fingerprint density at radius 2 is 1.93 bits per heavy atom. The number of thioether (sulfide) groups is 1. The van der Waals surface area contributed by atoms with E-state index in [4.69, 9.17) is 5.73 Å². The van der Waals surface area contributed by atoms with Gasteiger partial charge in [0.15, 0.2) is 0 Å². The molecule has 90 valence electrons. The van der Waals surface area contributed by atoms with Gasteiger partial charge in [-0.3, -0.25) is 0 Å². The van der Waals surface area contributed by atoms with Crippen molar-refractivity contribution in [3.63, 3.8) is 0 Å². The van der Waals surface area contributed by atoms with Crippen LogP contribution in [0.1, 0.15) is 39.0 Å². The Bertz CT molecular complexity index is 167. The topological polar surface area (TPSA) is 29.3 Å². The first-order chi connectivity index (χ1) is 7.15. The van der Waals surface area contributed by atoms with Gasteiger partial charge in [0.05, 0.1) is 0 Å². The van der Waals surface area contributed by atoms with E-state index >= 15 is 0 Å². The predicted molar refractivity (Wildman–Crippen MR) is 70.5 cm³/mol. The quantitative estimate of drug-likeness (QED) is 0.786. The minimum atomic E-state index is 0.469. The first-order valence-electron chi connectivity index (χ1n) is 6.11. The summed E-state index contributed by atoms with van der Waals surface area (Å²) < 4.78 is 0. The highest BCUT2D eigenvalue weighted by Gasteiger charge is 2.24. The lowest BCUT2D eigenvalue weighted by atomic mass is 9.90.